The van der Waals surface area contributed by atoms with Gasteiger partial charge in [0.2, 0.25) is 0 Å². The van der Waals surface area contributed by atoms with Gasteiger partial charge in [0.1, 0.15) is 0 Å². The van der Waals surface area contributed by atoms with Gasteiger partial charge in [-0.1, -0.05) is 12.1 Å². The third-order valence-corrected chi connectivity index (χ3v) is 5.54. The van der Waals surface area contributed by atoms with Crippen molar-refractivity contribution in [2.45, 2.75) is 38.9 Å². The number of nitrogens with zero attached hydrogens (tertiary/aromatic N) is 1. The van der Waals surface area contributed by atoms with Gasteiger partial charge in [-0.2, -0.15) is 0 Å². The van der Waals surface area contributed by atoms with Gasteiger partial charge >= 0.3 is 0 Å². The molecule has 0 radical (unpaired) electrons. The fraction of sp³-hybridized carbons (Fsp3) is 0.412. The number of benzene rings is 1. The SMILES string of the molecule is Cc1cc(CNC2CC2)ccc1N(C)Cc1cc(Br)cs1. The van der Waals surface area contributed by atoms with Crippen LogP contribution in [0.1, 0.15) is 28.8 Å². The number of hydrogen-bond acceptors (Lipinski definition) is 3. The first-order valence-corrected chi connectivity index (χ1v) is 9.06. The molecule has 0 atom stereocenters. The number of halogens is 1. The normalized spacial score (nSPS) is 14.4. The summed E-state index contributed by atoms with van der Waals surface area (Å²) in [4.78, 5) is 3.70. The minimum Gasteiger partial charge on any atom is -0.369 e. The summed E-state index contributed by atoms with van der Waals surface area (Å²) in [5, 5.41) is 5.72. The maximum atomic E-state index is 3.57. The topological polar surface area (TPSA) is 15.3 Å². The lowest BCUT2D eigenvalue weighted by Crippen LogP contribution is -2.18. The zero-order chi connectivity index (χ0) is 14.8. The lowest BCUT2D eigenvalue weighted by molar-refractivity contribution is 0.687. The van der Waals surface area contributed by atoms with E-state index in [2.05, 4.69) is 69.8 Å². The number of hydrogen-bond donors (Lipinski definition) is 1. The highest BCUT2D eigenvalue weighted by molar-refractivity contribution is 9.10. The second-order valence-corrected chi connectivity index (χ2v) is 7.77. The maximum absolute atomic E-state index is 3.57. The van der Waals surface area contributed by atoms with Gasteiger partial charge in [0.25, 0.3) is 0 Å². The molecule has 2 nitrogen and oxygen atoms in total. The Labute approximate surface area is 139 Å². The minimum atomic E-state index is 0.768. The highest BCUT2D eigenvalue weighted by Gasteiger charge is 2.20. The Morgan fingerprint density at radius 2 is 2.14 bits per heavy atom. The summed E-state index contributed by atoms with van der Waals surface area (Å²) in [5.74, 6) is 0. The molecule has 1 aromatic heterocycles. The molecular formula is C17H21BrN2S. The molecule has 1 aliphatic rings. The third kappa shape index (κ3) is 4.09. The van der Waals surface area contributed by atoms with Gasteiger partial charge in [-0.3, -0.25) is 0 Å². The van der Waals surface area contributed by atoms with Gasteiger partial charge in [0.05, 0.1) is 6.54 Å². The molecule has 1 fully saturated rings. The van der Waals surface area contributed by atoms with Gasteiger partial charge in [0.15, 0.2) is 0 Å². The Morgan fingerprint density at radius 1 is 1.33 bits per heavy atom. The van der Waals surface area contributed by atoms with Crippen LogP contribution < -0.4 is 10.2 Å². The van der Waals surface area contributed by atoms with Crippen molar-refractivity contribution in [3.63, 3.8) is 0 Å². The summed E-state index contributed by atoms with van der Waals surface area (Å²) in [5.41, 5.74) is 4.05. The van der Waals surface area contributed by atoms with Crippen molar-refractivity contribution >= 4 is 33.0 Å². The van der Waals surface area contributed by atoms with E-state index in [9.17, 15) is 0 Å². The third-order valence-electron chi connectivity index (χ3n) is 3.86. The first-order chi connectivity index (χ1) is 10.1. The zero-order valence-electron chi connectivity index (χ0n) is 12.5. The van der Waals surface area contributed by atoms with Crippen LogP contribution >= 0.6 is 27.3 Å². The van der Waals surface area contributed by atoms with E-state index in [1.54, 1.807) is 11.3 Å². The molecule has 21 heavy (non-hydrogen) atoms. The second-order valence-electron chi connectivity index (χ2n) is 5.86. The van der Waals surface area contributed by atoms with E-state index in [4.69, 9.17) is 0 Å². The van der Waals surface area contributed by atoms with Crippen molar-refractivity contribution in [1.29, 1.82) is 0 Å². The quantitative estimate of drug-likeness (QED) is 0.798. The van der Waals surface area contributed by atoms with Crippen LogP contribution in [-0.4, -0.2) is 13.1 Å². The number of anilines is 1. The molecule has 1 N–H and O–H groups in total. The van der Waals surface area contributed by atoms with Crippen LogP contribution in [0.15, 0.2) is 34.1 Å². The van der Waals surface area contributed by atoms with E-state index in [0.29, 0.717) is 0 Å². The van der Waals surface area contributed by atoms with Crippen molar-refractivity contribution in [2.24, 2.45) is 0 Å². The fourth-order valence-corrected chi connectivity index (χ4v) is 4.06. The second kappa shape index (κ2) is 6.51. The summed E-state index contributed by atoms with van der Waals surface area (Å²) in [6, 6.07) is 9.78. The summed E-state index contributed by atoms with van der Waals surface area (Å²) in [6.07, 6.45) is 2.69. The average molecular weight is 365 g/mol. The van der Waals surface area contributed by atoms with Crippen LogP contribution in [-0.2, 0) is 13.1 Å². The number of thiophene rings is 1. The molecule has 0 unspecified atom stereocenters. The lowest BCUT2D eigenvalue weighted by atomic mass is 10.1. The predicted octanol–water partition coefficient (Wildman–Crippen LogP) is 4.71. The number of nitrogens with one attached hydrogen (secondary N) is 1. The van der Waals surface area contributed by atoms with Crippen LogP contribution in [0.4, 0.5) is 5.69 Å². The highest BCUT2D eigenvalue weighted by atomic mass is 79.9. The molecule has 0 spiro atoms. The van der Waals surface area contributed by atoms with Crippen molar-refractivity contribution in [1.82, 2.24) is 5.32 Å². The van der Waals surface area contributed by atoms with Crippen LogP contribution in [0.25, 0.3) is 0 Å². The van der Waals surface area contributed by atoms with Gasteiger partial charge in [-0.25, -0.2) is 0 Å². The Bertz CT molecular complexity index is 619. The summed E-state index contributed by atoms with van der Waals surface area (Å²) < 4.78 is 1.18. The molecule has 0 saturated heterocycles. The largest absolute Gasteiger partial charge is 0.369 e. The molecule has 1 aromatic carbocycles. The Balaban J connectivity index is 1.65. The van der Waals surface area contributed by atoms with E-state index >= 15 is 0 Å². The van der Waals surface area contributed by atoms with Crippen molar-refractivity contribution < 1.29 is 0 Å². The van der Waals surface area contributed by atoms with E-state index in [1.165, 1.54) is 39.0 Å². The Hall–Kier alpha value is -0.840. The average Bonchev–Trinajstić information content (AvgIpc) is 3.19. The van der Waals surface area contributed by atoms with Crippen molar-refractivity contribution in [3.8, 4) is 0 Å². The highest BCUT2D eigenvalue weighted by Crippen LogP contribution is 2.26. The predicted molar refractivity (Wildman–Crippen MR) is 95.2 cm³/mol. The van der Waals surface area contributed by atoms with Crippen LogP contribution in [0.5, 0.6) is 0 Å². The Kier molecular flexibility index (Phi) is 4.67. The molecule has 4 heteroatoms. The first-order valence-electron chi connectivity index (χ1n) is 7.39. The maximum Gasteiger partial charge on any atom is 0.0520 e. The van der Waals surface area contributed by atoms with Gasteiger partial charge in [0, 0.05) is 40.1 Å². The Morgan fingerprint density at radius 3 is 2.76 bits per heavy atom. The number of rotatable bonds is 6. The molecule has 2 aromatic rings. The van der Waals surface area contributed by atoms with E-state index < -0.39 is 0 Å². The summed E-state index contributed by atoms with van der Waals surface area (Å²) >= 11 is 5.32. The minimum absolute atomic E-state index is 0.768. The molecule has 0 aliphatic heterocycles. The fourth-order valence-electron chi connectivity index (χ4n) is 2.56. The summed E-state index contributed by atoms with van der Waals surface area (Å²) in [7, 11) is 2.16. The smallest absolute Gasteiger partial charge is 0.0520 e. The molecule has 1 heterocycles. The molecule has 0 amide bonds. The molecule has 1 saturated carbocycles. The molecule has 112 valence electrons. The van der Waals surface area contributed by atoms with E-state index in [1.807, 2.05) is 0 Å². The van der Waals surface area contributed by atoms with Crippen molar-refractivity contribution in [3.05, 3.63) is 50.1 Å². The molecular weight excluding hydrogens is 344 g/mol. The molecule has 1 aliphatic carbocycles. The summed E-state index contributed by atoms with van der Waals surface area (Å²) in [6.45, 7) is 4.15. The number of aryl methyl sites for hydroxylation is 1. The standard InChI is InChI=1S/C17H21BrN2S/c1-12-7-13(9-19-15-4-5-15)3-6-17(12)20(2)10-16-8-14(18)11-21-16/h3,6-8,11,15,19H,4-5,9-10H2,1-2H3. The van der Waals surface area contributed by atoms with E-state index in [0.717, 1.165) is 19.1 Å². The van der Waals surface area contributed by atoms with Gasteiger partial charge in [-0.05, 0) is 59.0 Å². The first kappa shape index (κ1) is 15.1. The van der Waals surface area contributed by atoms with E-state index in [-0.39, 0.29) is 0 Å². The van der Waals surface area contributed by atoms with Crippen LogP contribution in [0.3, 0.4) is 0 Å². The van der Waals surface area contributed by atoms with Crippen molar-refractivity contribution in [2.75, 3.05) is 11.9 Å². The molecule has 0 bridgehead atoms. The van der Waals surface area contributed by atoms with Crippen LogP contribution in [0.2, 0.25) is 0 Å². The molecule has 3 rings (SSSR count). The lowest BCUT2D eigenvalue weighted by Gasteiger charge is -2.21. The van der Waals surface area contributed by atoms with Gasteiger partial charge in [-0.15, -0.1) is 11.3 Å². The van der Waals surface area contributed by atoms with Crippen LogP contribution in [0, 0.1) is 6.92 Å². The zero-order valence-corrected chi connectivity index (χ0v) is 14.9. The monoisotopic (exact) mass is 364 g/mol. The van der Waals surface area contributed by atoms with Gasteiger partial charge < -0.3 is 10.2 Å².